The van der Waals surface area contributed by atoms with Crippen LogP contribution in [0.4, 0.5) is 5.69 Å². The summed E-state index contributed by atoms with van der Waals surface area (Å²) >= 11 is 0. The maximum atomic E-state index is 14.0. The lowest BCUT2D eigenvalue weighted by atomic mass is 9.72. The van der Waals surface area contributed by atoms with E-state index in [9.17, 15) is 14.4 Å². The number of fused-ring (bicyclic) bond motifs is 1. The largest absolute Gasteiger partial charge is 0.493 e. The van der Waals surface area contributed by atoms with E-state index in [0.717, 1.165) is 0 Å². The van der Waals surface area contributed by atoms with Crippen LogP contribution in [0.2, 0.25) is 0 Å². The van der Waals surface area contributed by atoms with Crippen LogP contribution in [0, 0.1) is 0 Å². The molecule has 0 bridgehead atoms. The van der Waals surface area contributed by atoms with Gasteiger partial charge < -0.3 is 14.8 Å². The van der Waals surface area contributed by atoms with Gasteiger partial charge in [0.15, 0.2) is 22.8 Å². The molecule has 5 rings (SSSR count). The number of hydrogen-bond donors (Lipinski definition) is 2. The summed E-state index contributed by atoms with van der Waals surface area (Å²) in [4.78, 5) is 39.8. The first-order valence-electron chi connectivity index (χ1n) is 11.5. The molecule has 8 nitrogen and oxygen atoms in total. The SMILES string of the molecule is COc1ccc(C(CC(=O)c2ccccc2)[C@@]2(n3ccc(=O)[nH]3)C(=O)Nc3ccccc32)cc1OC. The van der Waals surface area contributed by atoms with Crippen LogP contribution in [-0.2, 0) is 10.3 Å². The smallest absolute Gasteiger partial charge is 0.264 e. The van der Waals surface area contributed by atoms with Gasteiger partial charge in [0.2, 0.25) is 0 Å². The molecule has 0 saturated heterocycles. The number of rotatable bonds is 8. The molecule has 1 unspecified atom stereocenters. The Balaban J connectivity index is 1.78. The number of nitrogens with zero attached hydrogens (tertiary/aromatic N) is 1. The van der Waals surface area contributed by atoms with Gasteiger partial charge in [-0.3, -0.25) is 24.2 Å². The highest BCUT2D eigenvalue weighted by Gasteiger charge is 2.55. The minimum absolute atomic E-state index is 0.0124. The summed E-state index contributed by atoms with van der Waals surface area (Å²) in [6.45, 7) is 0. The van der Waals surface area contributed by atoms with Gasteiger partial charge in [-0.15, -0.1) is 0 Å². The predicted molar refractivity (Wildman–Crippen MR) is 135 cm³/mol. The highest BCUT2D eigenvalue weighted by atomic mass is 16.5. The van der Waals surface area contributed by atoms with Gasteiger partial charge in [-0.05, 0) is 23.8 Å². The van der Waals surface area contributed by atoms with E-state index >= 15 is 0 Å². The fourth-order valence-electron chi connectivity index (χ4n) is 5.06. The molecule has 4 aromatic rings. The number of amides is 1. The number of nitrogens with one attached hydrogen (secondary N) is 2. The highest BCUT2D eigenvalue weighted by molar-refractivity contribution is 6.08. The molecule has 0 aliphatic carbocycles. The topological polar surface area (TPSA) is 102 Å². The minimum atomic E-state index is -1.44. The number of ether oxygens (including phenoxy) is 2. The van der Waals surface area contributed by atoms with Gasteiger partial charge in [0.05, 0.1) is 14.2 Å². The van der Waals surface area contributed by atoms with Crippen molar-refractivity contribution in [2.75, 3.05) is 19.5 Å². The van der Waals surface area contributed by atoms with Crippen molar-refractivity contribution in [3.05, 3.63) is 112 Å². The predicted octanol–water partition coefficient (Wildman–Crippen LogP) is 3.95. The minimum Gasteiger partial charge on any atom is -0.493 e. The van der Waals surface area contributed by atoms with Crippen LogP contribution in [0.15, 0.2) is 89.9 Å². The van der Waals surface area contributed by atoms with Crippen molar-refractivity contribution >= 4 is 17.4 Å². The van der Waals surface area contributed by atoms with Gasteiger partial charge in [0.25, 0.3) is 11.5 Å². The highest BCUT2D eigenvalue weighted by Crippen LogP contribution is 2.50. The van der Waals surface area contributed by atoms with E-state index in [4.69, 9.17) is 9.47 Å². The van der Waals surface area contributed by atoms with Crippen molar-refractivity contribution < 1.29 is 19.1 Å². The third kappa shape index (κ3) is 3.67. The lowest BCUT2D eigenvalue weighted by Gasteiger charge is -2.37. The van der Waals surface area contributed by atoms with Crippen LogP contribution in [0.5, 0.6) is 11.5 Å². The zero-order valence-electron chi connectivity index (χ0n) is 19.9. The Hall–Kier alpha value is -4.59. The van der Waals surface area contributed by atoms with Gasteiger partial charge >= 0.3 is 0 Å². The first-order chi connectivity index (χ1) is 17.5. The zero-order valence-corrected chi connectivity index (χ0v) is 19.9. The van der Waals surface area contributed by atoms with Crippen molar-refractivity contribution in [1.82, 2.24) is 9.78 Å². The molecule has 8 heteroatoms. The Morgan fingerprint density at radius 1 is 0.917 bits per heavy atom. The number of H-pyrrole nitrogens is 1. The lowest BCUT2D eigenvalue weighted by molar-refractivity contribution is -0.123. The van der Waals surface area contributed by atoms with Crippen LogP contribution >= 0.6 is 0 Å². The quantitative estimate of drug-likeness (QED) is 0.370. The van der Waals surface area contributed by atoms with Crippen molar-refractivity contribution in [1.29, 1.82) is 0 Å². The molecule has 2 N–H and O–H groups in total. The fourth-order valence-corrected chi connectivity index (χ4v) is 5.06. The molecular weight excluding hydrogens is 458 g/mol. The first-order valence-corrected chi connectivity index (χ1v) is 11.5. The maximum absolute atomic E-state index is 14.0. The lowest BCUT2D eigenvalue weighted by Crippen LogP contribution is -2.48. The summed E-state index contributed by atoms with van der Waals surface area (Å²) in [7, 11) is 3.07. The van der Waals surface area contributed by atoms with Gasteiger partial charge in [-0.25, -0.2) is 0 Å². The number of benzene rings is 3. The molecule has 0 fully saturated rings. The first kappa shape index (κ1) is 23.2. The van der Waals surface area contributed by atoms with Crippen molar-refractivity contribution in [3.8, 4) is 11.5 Å². The third-order valence-electron chi connectivity index (χ3n) is 6.72. The number of hydrogen-bond acceptors (Lipinski definition) is 5. The molecule has 0 spiro atoms. The Bertz CT molecular complexity index is 1490. The Labute approximate surface area is 207 Å². The molecule has 182 valence electrons. The number of carbonyl (C=O) groups is 2. The molecule has 0 radical (unpaired) electrons. The van der Waals surface area contributed by atoms with E-state index in [-0.39, 0.29) is 23.7 Å². The summed E-state index contributed by atoms with van der Waals surface area (Å²) in [5.74, 6) is -0.210. The van der Waals surface area contributed by atoms with E-state index in [1.54, 1.807) is 55.8 Å². The zero-order chi connectivity index (χ0) is 25.3. The molecule has 1 aliphatic heterocycles. The Morgan fingerprint density at radius 2 is 1.64 bits per heavy atom. The number of aromatic amines is 1. The van der Waals surface area contributed by atoms with Crippen LogP contribution in [0.1, 0.15) is 33.8 Å². The number of ketones is 1. The number of methoxy groups -OCH3 is 2. The Kier molecular flexibility index (Phi) is 5.93. The molecule has 1 amide bonds. The van der Waals surface area contributed by atoms with Crippen molar-refractivity contribution in [3.63, 3.8) is 0 Å². The summed E-state index contributed by atoms with van der Waals surface area (Å²) in [5, 5.41) is 5.74. The van der Waals surface area contributed by atoms with Crippen LogP contribution in [0.25, 0.3) is 0 Å². The Morgan fingerprint density at radius 3 is 2.33 bits per heavy atom. The summed E-state index contributed by atoms with van der Waals surface area (Å²) in [6.07, 6.45) is 1.53. The monoisotopic (exact) mass is 483 g/mol. The number of para-hydroxylation sites is 1. The molecule has 0 saturated carbocycles. The van der Waals surface area contributed by atoms with Crippen molar-refractivity contribution in [2.24, 2.45) is 0 Å². The summed E-state index contributed by atoms with van der Waals surface area (Å²) < 4.78 is 12.5. The third-order valence-corrected chi connectivity index (χ3v) is 6.72. The maximum Gasteiger partial charge on any atom is 0.264 e. The molecule has 3 aromatic carbocycles. The number of Topliss-reactive ketones (excluding diaryl/α,β-unsaturated/α-hetero) is 1. The van der Waals surface area contributed by atoms with Gasteiger partial charge in [-0.1, -0.05) is 54.6 Å². The van der Waals surface area contributed by atoms with Gasteiger partial charge in [-0.2, -0.15) is 0 Å². The average molecular weight is 484 g/mol. The molecule has 1 aliphatic rings. The molecule has 36 heavy (non-hydrogen) atoms. The number of carbonyl (C=O) groups excluding carboxylic acids is 2. The molecule has 1 aromatic heterocycles. The van der Waals surface area contributed by atoms with Crippen molar-refractivity contribution in [2.45, 2.75) is 17.9 Å². The summed E-state index contributed by atoms with van der Waals surface area (Å²) in [6, 6.07) is 23.0. The van der Waals surface area contributed by atoms with Gasteiger partial charge in [0.1, 0.15) is 0 Å². The molecule has 2 heterocycles. The summed E-state index contributed by atoms with van der Waals surface area (Å²) in [5.41, 5.74) is 0.692. The second-order valence-electron chi connectivity index (χ2n) is 8.59. The van der Waals surface area contributed by atoms with Crippen LogP contribution in [0.3, 0.4) is 0 Å². The second-order valence-corrected chi connectivity index (χ2v) is 8.59. The van der Waals surface area contributed by atoms with E-state index in [2.05, 4.69) is 10.4 Å². The van der Waals surface area contributed by atoms with Crippen LogP contribution in [-0.4, -0.2) is 35.7 Å². The second kappa shape index (κ2) is 9.22. The van der Waals surface area contributed by atoms with E-state index in [0.29, 0.717) is 33.9 Å². The van der Waals surface area contributed by atoms with E-state index in [1.807, 2.05) is 30.3 Å². The molecule has 2 atom stereocenters. The molecular formula is C28H25N3O5. The standard InChI is InChI=1S/C28H25N3O5/c1-35-24-13-12-19(16-25(24)36-2)21(17-23(32)18-8-4-3-5-9-18)28(31-15-14-26(33)30-31)20-10-6-7-11-22(20)29-27(28)34/h3-16,21H,17H2,1-2H3,(H,29,34)(H,30,33)/t21?,28-/m1/s1. The van der Waals surface area contributed by atoms with E-state index < -0.39 is 11.5 Å². The number of anilines is 1. The van der Waals surface area contributed by atoms with Gasteiger partial charge in [0, 0.05) is 41.4 Å². The van der Waals surface area contributed by atoms with Crippen LogP contribution < -0.4 is 20.3 Å². The van der Waals surface area contributed by atoms with E-state index in [1.165, 1.54) is 17.9 Å². The average Bonchev–Trinajstić information content (AvgIpc) is 3.47. The number of aromatic nitrogens is 2. The fraction of sp³-hybridized carbons (Fsp3) is 0.179. The normalized spacial score (nSPS) is 17.2.